The van der Waals surface area contributed by atoms with Gasteiger partial charge >= 0.3 is 0 Å². The number of benzene rings is 1. The second-order valence-corrected chi connectivity index (χ2v) is 6.35. The molecule has 0 unspecified atom stereocenters. The van der Waals surface area contributed by atoms with Crippen LogP contribution in [-0.4, -0.2) is 30.3 Å². The molecular formula is C15H15ClN2O2S. The largest absolute Gasteiger partial charge is 0.332 e. The first-order chi connectivity index (χ1) is 9.95. The predicted molar refractivity (Wildman–Crippen MR) is 86.1 cm³/mol. The van der Waals surface area contributed by atoms with E-state index in [1.165, 1.54) is 16.2 Å². The van der Waals surface area contributed by atoms with Crippen molar-refractivity contribution in [2.24, 2.45) is 0 Å². The normalized spacial score (nSPS) is 10.2. The SMILES string of the molecule is Cc1ccc(C(=O)N(C)CC(=O)Nc2cccc(Cl)c2)s1. The van der Waals surface area contributed by atoms with E-state index in [0.29, 0.717) is 15.6 Å². The zero-order valence-corrected chi connectivity index (χ0v) is 13.3. The van der Waals surface area contributed by atoms with Gasteiger partial charge in [-0.25, -0.2) is 0 Å². The molecule has 21 heavy (non-hydrogen) atoms. The smallest absolute Gasteiger partial charge is 0.264 e. The third kappa shape index (κ3) is 4.31. The minimum Gasteiger partial charge on any atom is -0.332 e. The Balaban J connectivity index is 1.94. The third-order valence-corrected chi connectivity index (χ3v) is 4.01. The Morgan fingerprint density at radius 3 is 2.67 bits per heavy atom. The van der Waals surface area contributed by atoms with Crippen LogP contribution in [0.1, 0.15) is 14.5 Å². The number of carbonyl (C=O) groups excluding carboxylic acids is 2. The number of nitrogens with zero attached hydrogens (tertiary/aromatic N) is 1. The van der Waals surface area contributed by atoms with Crippen LogP contribution in [0.5, 0.6) is 0 Å². The molecule has 0 bridgehead atoms. The zero-order valence-electron chi connectivity index (χ0n) is 11.7. The van der Waals surface area contributed by atoms with Crippen LogP contribution in [-0.2, 0) is 4.79 Å². The summed E-state index contributed by atoms with van der Waals surface area (Å²) in [5, 5.41) is 3.26. The molecule has 0 atom stereocenters. The van der Waals surface area contributed by atoms with Crippen LogP contribution >= 0.6 is 22.9 Å². The van der Waals surface area contributed by atoms with Gasteiger partial charge in [0, 0.05) is 22.6 Å². The molecule has 0 aliphatic carbocycles. The molecule has 0 spiro atoms. The number of likely N-dealkylation sites (N-methyl/N-ethyl adjacent to an activating group) is 1. The first-order valence-corrected chi connectivity index (χ1v) is 7.52. The Kier molecular flexibility index (Phi) is 4.98. The highest BCUT2D eigenvalue weighted by Gasteiger charge is 2.16. The lowest BCUT2D eigenvalue weighted by Gasteiger charge is -2.16. The van der Waals surface area contributed by atoms with Crippen molar-refractivity contribution >= 4 is 40.4 Å². The lowest BCUT2D eigenvalue weighted by Crippen LogP contribution is -2.34. The Morgan fingerprint density at radius 1 is 1.29 bits per heavy atom. The van der Waals surface area contributed by atoms with Gasteiger partial charge in [0.05, 0.1) is 11.4 Å². The van der Waals surface area contributed by atoms with Crippen LogP contribution in [0.25, 0.3) is 0 Å². The van der Waals surface area contributed by atoms with Gasteiger partial charge in [0.15, 0.2) is 0 Å². The highest BCUT2D eigenvalue weighted by molar-refractivity contribution is 7.13. The van der Waals surface area contributed by atoms with Gasteiger partial charge < -0.3 is 10.2 Å². The van der Waals surface area contributed by atoms with Gasteiger partial charge in [-0.1, -0.05) is 17.7 Å². The molecule has 0 aliphatic heterocycles. The first-order valence-electron chi connectivity index (χ1n) is 6.33. The fourth-order valence-corrected chi connectivity index (χ4v) is 2.84. The maximum Gasteiger partial charge on any atom is 0.264 e. The van der Waals surface area contributed by atoms with E-state index in [1.807, 2.05) is 13.0 Å². The monoisotopic (exact) mass is 322 g/mol. The summed E-state index contributed by atoms with van der Waals surface area (Å²) in [5.41, 5.74) is 0.611. The number of halogens is 1. The molecule has 0 fully saturated rings. The fraction of sp³-hybridized carbons (Fsp3) is 0.200. The van der Waals surface area contributed by atoms with Crippen LogP contribution in [0.2, 0.25) is 5.02 Å². The van der Waals surface area contributed by atoms with E-state index in [-0.39, 0.29) is 18.4 Å². The number of nitrogens with one attached hydrogen (secondary N) is 1. The molecular weight excluding hydrogens is 308 g/mol. The van der Waals surface area contributed by atoms with E-state index in [4.69, 9.17) is 11.6 Å². The molecule has 2 aromatic rings. The number of hydrogen-bond acceptors (Lipinski definition) is 3. The molecule has 110 valence electrons. The third-order valence-electron chi connectivity index (χ3n) is 2.79. The number of amides is 2. The highest BCUT2D eigenvalue weighted by Crippen LogP contribution is 2.17. The molecule has 1 N–H and O–H groups in total. The van der Waals surface area contributed by atoms with Crippen molar-refractivity contribution in [1.82, 2.24) is 4.90 Å². The standard InChI is InChI=1S/C15H15ClN2O2S/c1-10-6-7-13(21-10)15(20)18(2)9-14(19)17-12-5-3-4-11(16)8-12/h3-8H,9H2,1-2H3,(H,17,19). The van der Waals surface area contributed by atoms with Crippen molar-refractivity contribution in [2.45, 2.75) is 6.92 Å². The minimum atomic E-state index is -0.263. The summed E-state index contributed by atoms with van der Waals surface area (Å²) in [5.74, 6) is -0.421. The molecule has 1 aromatic carbocycles. The number of thiophene rings is 1. The Bertz CT molecular complexity index is 669. The molecule has 1 heterocycles. The van der Waals surface area contributed by atoms with Gasteiger partial charge in [-0.15, -0.1) is 11.3 Å². The Morgan fingerprint density at radius 2 is 2.05 bits per heavy atom. The van der Waals surface area contributed by atoms with Gasteiger partial charge in [0.1, 0.15) is 0 Å². The van der Waals surface area contributed by atoms with Gasteiger partial charge in [-0.3, -0.25) is 9.59 Å². The number of anilines is 1. The zero-order chi connectivity index (χ0) is 15.4. The molecule has 1 aromatic heterocycles. The number of hydrogen-bond donors (Lipinski definition) is 1. The van der Waals surface area contributed by atoms with E-state index in [0.717, 1.165) is 4.88 Å². The number of rotatable bonds is 4. The molecule has 6 heteroatoms. The second-order valence-electron chi connectivity index (χ2n) is 4.63. The Hall–Kier alpha value is -1.85. The van der Waals surface area contributed by atoms with E-state index < -0.39 is 0 Å². The van der Waals surface area contributed by atoms with Crippen LogP contribution in [0, 0.1) is 6.92 Å². The van der Waals surface area contributed by atoms with E-state index in [9.17, 15) is 9.59 Å². The number of aryl methyl sites for hydroxylation is 1. The first kappa shape index (κ1) is 15.5. The summed E-state index contributed by atoms with van der Waals surface area (Å²) in [7, 11) is 1.61. The summed E-state index contributed by atoms with van der Waals surface area (Å²) >= 11 is 7.27. The van der Waals surface area contributed by atoms with E-state index >= 15 is 0 Å². The summed E-state index contributed by atoms with van der Waals surface area (Å²) in [6, 6.07) is 10.5. The van der Waals surface area contributed by atoms with Crippen molar-refractivity contribution in [3.8, 4) is 0 Å². The van der Waals surface area contributed by atoms with E-state index in [2.05, 4.69) is 5.32 Å². The number of carbonyl (C=O) groups is 2. The molecule has 0 saturated carbocycles. The maximum atomic E-state index is 12.1. The summed E-state index contributed by atoms with van der Waals surface area (Å²) in [6.45, 7) is 1.93. The van der Waals surface area contributed by atoms with Gasteiger partial charge in [-0.05, 0) is 37.3 Å². The van der Waals surface area contributed by atoms with E-state index in [1.54, 1.807) is 37.4 Å². The van der Waals surface area contributed by atoms with Crippen molar-refractivity contribution in [3.63, 3.8) is 0 Å². The maximum absolute atomic E-state index is 12.1. The minimum absolute atomic E-state index is 0.0116. The van der Waals surface area contributed by atoms with Crippen molar-refractivity contribution in [2.75, 3.05) is 18.9 Å². The molecule has 0 saturated heterocycles. The van der Waals surface area contributed by atoms with Crippen LogP contribution in [0.15, 0.2) is 36.4 Å². The van der Waals surface area contributed by atoms with Gasteiger partial charge in [0.2, 0.25) is 5.91 Å². The van der Waals surface area contributed by atoms with Gasteiger partial charge in [-0.2, -0.15) is 0 Å². The van der Waals surface area contributed by atoms with Crippen molar-refractivity contribution in [3.05, 3.63) is 51.2 Å². The van der Waals surface area contributed by atoms with Crippen LogP contribution in [0.4, 0.5) is 5.69 Å². The average Bonchev–Trinajstić information content (AvgIpc) is 2.84. The van der Waals surface area contributed by atoms with Gasteiger partial charge in [0.25, 0.3) is 5.91 Å². The molecule has 0 radical (unpaired) electrons. The summed E-state index contributed by atoms with van der Waals surface area (Å²) in [6.07, 6.45) is 0. The molecule has 4 nitrogen and oxygen atoms in total. The van der Waals surface area contributed by atoms with Crippen LogP contribution in [0.3, 0.4) is 0 Å². The molecule has 2 rings (SSSR count). The fourth-order valence-electron chi connectivity index (χ4n) is 1.79. The Labute approximate surface area is 132 Å². The summed E-state index contributed by atoms with van der Waals surface area (Å²) in [4.78, 5) is 27.2. The van der Waals surface area contributed by atoms with Crippen LogP contribution < -0.4 is 5.32 Å². The molecule has 0 aliphatic rings. The van der Waals surface area contributed by atoms with Crippen molar-refractivity contribution in [1.29, 1.82) is 0 Å². The lowest BCUT2D eigenvalue weighted by atomic mass is 10.3. The average molecular weight is 323 g/mol. The highest BCUT2D eigenvalue weighted by atomic mass is 35.5. The predicted octanol–water partition coefficient (Wildman–Crippen LogP) is 3.42. The lowest BCUT2D eigenvalue weighted by molar-refractivity contribution is -0.116. The topological polar surface area (TPSA) is 49.4 Å². The quantitative estimate of drug-likeness (QED) is 0.937. The molecule has 2 amide bonds. The summed E-state index contributed by atoms with van der Waals surface area (Å²) < 4.78 is 0. The second kappa shape index (κ2) is 6.74. The van der Waals surface area contributed by atoms with Crippen molar-refractivity contribution < 1.29 is 9.59 Å².